The average molecular weight is 501 g/mol. The SMILES string of the molecule is NC(=O)COc1ccc(/C=N\NC(=O)CN(c2ccccc2Cl)S(=O)(=O)c2ccccc2)cc1. The van der Waals surface area contributed by atoms with Crippen molar-refractivity contribution in [1.29, 1.82) is 0 Å². The molecule has 3 aromatic carbocycles. The van der Waals surface area contributed by atoms with Gasteiger partial charge in [-0.25, -0.2) is 13.8 Å². The van der Waals surface area contributed by atoms with Gasteiger partial charge in [0.25, 0.3) is 21.8 Å². The van der Waals surface area contributed by atoms with Crippen LogP contribution in [-0.4, -0.2) is 39.6 Å². The van der Waals surface area contributed by atoms with Crippen LogP contribution >= 0.6 is 11.6 Å². The molecule has 0 saturated heterocycles. The fourth-order valence-electron chi connectivity index (χ4n) is 2.82. The molecule has 0 bridgehead atoms. The van der Waals surface area contributed by atoms with Crippen molar-refractivity contribution in [3.05, 3.63) is 89.4 Å². The number of carbonyl (C=O) groups is 2. The third kappa shape index (κ3) is 6.56. The van der Waals surface area contributed by atoms with E-state index in [0.29, 0.717) is 11.3 Å². The predicted octanol–water partition coefficient (Wildman–Crippen LogP) is 2.55. The Hall–Kier alpha value is -3.89. The molecule has 9 nitrogen and oxygen atoms in total. The van der Waals surface area contributed by atoms with Gasteiger partial charge in [-0.15, -0.1) is 0 Å². The van der Waals surface area contributed by atoms with Crippen LogP contribution in [0.3, 0.4) is 0 Å². The predicted molar refractivity (Wildman–Crippen MR) is 129 cm³/mol. The third-order valence-corrected chi connectivity index (χ3v) is 6.50. The van der Waals surface area contributed by atoms with E-state index in [1.54, 1.807) is 54.6 Å². The third-order valence-electron chi connectivity index (χ3n) is 4.40. The zero-order chi connectivity index (χ0) is 24.6. The number of nitrogens with zero attached hydrogens (tertiary/aromatic N) is 2. The summed E-state index contributed by atoms with van der Waals surface area (Å²) in [6.45, 7) is -0.782. The number of nitrogens with one attached hydrogen (secondary N) is 1. The molecular weight excluding hydrogens is 480 g/mol. The van der Waals surface area contributed by atoms with Gasteiger partial charge in [0.2, 0.25) is 0 Å². The maximum absolute atomic E-state index is 13.3. The first-order valence-corrected chi connectivity index (χ1v) is 11.7. The summed E-state index contributed by atoms with van der Waals surface area (Å²) in [5.41, 5.74) is 8.14. The van der Waals surface area contributed by atoms with Crippen LogP contribution < -0.4 is 20.2 Å². The Kier molecular flexibility index (Phi) is 8.23. The van der Waals surface area contributed by atoms with Gasteiger partial charge in [-0.3, -0.25) is 13.9 Å². The maximum atomic E-state index is 13.3. The van der Waals surface area contributed by atoms with Crippen molar-refractivity contribution in [2.45, 2.75) is 4.90 Å². The van der Waals surface area contributed by atoms with Gasteiger partial charge < -0.3 is 10.5 Å². The molecule has 0 aromatic heterocycles. The summed E-state index contributed by atoms with van der Waals surface area (Å²) in [4.78, 5) is 23.4. The summed E-state index contributed by atoms with van der Waals surface area (Å²) in [5, 5.41) is 4.05. The molecule has 0 spiro atoms. The molecule has 11 heteroatoms. The fourth-order valence-corrected chi connectivity index (χ4v) is 4.57. The molecule has 3 rings (SSSR count). The molecule has 176 valence electrons. The Bertz CT molecular complexity index is 1280. The molecule has 0 heterocycles. The Balaban J connectivity index is 1.72. The first-order valence-electron chi connectivity index (χ1n) is 9.93. The second-order valence-corrected chi connectivity index (χ2v) is 9.16. The van der Waals surface area contributed by atoms with Crippen LogP contribution in [0.5, 0.6) is 5.75 Å². The molecule has 3 aromatic rings. The van der Waals surface area contributed by atoms with E-state index in [1.807, 2.05) is 0 Å². The molecule has 0 saturated carbocycles. The number of benzene rings is 3. The molecule has 0 aliphatic rings. The summed E-state index contributed by atoms with van der Waals surface area (Å²) in [5.74, 6) is -0.813. The van der Waals surface area contributed by atoms with E-state index >= 15 is 0 Å². The number of hydrogen-bond donors (Lipinski definition) is 2. The van der Waals surface area contributed by atoms with Crippen molar-refractivity contribution in [2.75, 3.05) is 17.5 Å². The molecule has 0 unspecified atom stereocenters. The minimum Gasteiger partial charge on any atom is -0.484 e. The van der Waals surface area contributed by atoms with E-state index in [-0.39, 0.29) is 22.2 Å². The summed E-state index contributed by atoms with van der Waals surface area (Å²) in [6, 6.07) is 20.6. The molecule has 0 fully saturated rings. The maximum Gasteiger partial charge on any atom is 0.264 e. The van der Waals surface area contributed by atoms with E-state index in [0.717, 1.165) is 4.31 Å². The second kappa shape index (κ2) is 11.3. The van der Waals surface area contributed by atoms with Crippen molar-refractivity contribution < 1.29 is 22.7 Å². The number of anilines is 1. The fraction of sp³-hybridized carbons (Fsp3) is 0.0870. The first-order chi connectivity index (χ1) is 16.3. The smallest absolute Gasteiger partial charge is 0.264 e. The standard InChI is InChI=1S/C23H21ClN4O5S/c24-20-8-4-5-9-21(20)28(34(31,32)19-6-2-1-3-7-19)15-23(30)27-26-14-17-10-12-18(13-11-17)33-16-22(25)29/h1-14H,15-16H2,(H2,25,29)(H,27,30)/b26-14-. The van der Waals surface area contributed by atoms with Crippen molar-refractivity contribution in [3.63, 3.8) is 0 Å². The largest absolute Gasteiger partial charge is 0.484 e. The average Bonchev–Trinajstić information content (AvgIpc) is 2.83. The molecule has 0 aliphatic heterocycles. The highest BCUT2D eigenvalue weighted by atomic mass is 35.5. The summed E-state index contributed by atoms with van der Waals surface area (Å²) in [6.07, 6.45) is 1.38. The molecule has 3 N–H and O–H groups in total. The van der Waals surface area contributed by atoms with Crippen LogP contribution in [0.15, 0.2) is 88.9 Å². The number of primary amides is 1. The Morgan fingerprint density at radius 2 is 1.65 bits per heavy atom. The summed E-state index contributed by atoms with van der Waals surface area (Å²) >= 11 is 6.23. The zero-order valence-electron chi connectivity index (χ0n) is 17.8. The molecule has 0 radical (unpaired) electrons. The molecule has 0 aliphatic carbocycles. The highest BCUT2D eigenvalue weighted by molar-refractivity contribution is 7.92. The lowest BCUT2D eigenvalue weighted by atomic mass is 10.2. The number of para-hydroxylation sites is 1. The minimum atomic E-state index is -4.08. The van der Waals surface area contributed by atoms with Crippen molar-refractivity contribution >= 4 is 45.3 Å². The summed E-state index contributed by atoms with van der Waals surface area (Å²) < 4.78 is 32.6. The lowest BCUT2D eigenvalue weighted by Crippen LogP contribution is -2.39. The quantitative estimate of drug-likeness (QED) is 0.326. The molecular formula is C23H21ClN4O5S. The van der Waals surface area contributed by atoms with Gasteiger partial charge in [0, 0.05) is 0 Å². The lowest BCUT2D eigenvalue weighted by Gasteiger charge is -2.24. The monoisotopic (exact) mass is 500 g/mol. The minimum absolute atomic E-state index is 0.0184. The van der Waals surface area contributed by atoms with Crippen LogP contribution in [-0.2, 0) is 19.6 Å². The Morgan fingerprint density at radius 1 is 1.00 bits per heavy atom. The van der Waals surface area contributed by atoms with Gasteiger partial charge in [0.15, 0.2) is 6.61 Å². The Labute approximate surface area is 201 Å². The van der Waals surface area contributed by atoms with E-state index < -0.39 is 28.4 Å². The van der Waals surface area contributed by atoms with E-state index in [1.165, 1.54) is 30.5 Å². The van der Waals surface area contributed by atoms with E-state index in [2.05, 4.69) is 10.5 Å². The number of sulfonamides is 1. The van der Waals surface area contributed by atoms with E-state index in [9.17, 15) is 18.0 Å². The van der Waals surface area contributed by atoms with Gasteiger partial charge in [-0.05, 0) is 54.1 Å². The van der Waals surface area contributed by atoms with Gasteiger partial charge in [-0.2, -0.15) is 5.10 Å². The molecule has 34 heavy (non-hydrogen) atoms. The number of hydrazone groups is 1. The van der Waals surface area contributed by atoms with E-state index in [4.69, 9.17) is 22.1 Å². The normalized spacial score (nSPS) is 11.2. The van der Waals surface area contributed by atoms with Gasteiger partial charge in [-0.1, -0.05) is 41.9 Å². The van der Waals surface area contributed by atoms with Crippen molar-refractivity contribution in [2.24, 2.45) is 10.8 Å². The number of halogens is 1. The first kappa shape index (κ1) is 24.7. The van der Waals surface area contributed by atoms with Crippen molar-refractivity contribution in [3.8, 4) is 5.75 Å². The zero-order valence-corrected chi connectivity index (χ0v) is 19.4. The highest BCUT2D eigenvalue weighted by Gasteiger charge is 2.28. The molecule has 2 amide bonds. The van der Waals surface area contributed by atoms with Crippen LogP contribution in [0.4, 0.5) is 5.69 Å². The second-order valence-electron chi connectivity index (χ2n) is 6.89. The van der Waals surface area contributed by atoms with Crippen LogP contribution in [0, 0.1) is 0 Å². The number of ether oxygens (including phenoxy) is 1. The highest BCUT2D eigenvalue weighted by Crippen LogP contribution is 2.30. The van der Waals surface area contributed by atoms with Crippen LogP contribution in [0.1, 0.15) is 5.56 Å². The van der Waals surface area contributed by atoms with Crippen LogP contribution in [0.25, 0.3) is 0 Å². The van der Waals surface area contributed by atoms with Gasteiger partial charge >= 0.3 is 0 Å². The number of rotatable bonds is 10. The number of amides is 2. The number of hydrogen-bond acceptors (Lipinski definition) is 6. The number of carbonyl (C=O) groups excluding carboxylic acids is 2. The van der Waals surface area contributed by atoms with Gasteiger partial charge in [0.05, 0.1) is 21.8 Å². The van der Waals surface area contributed by atoms with Crippen molar-refractivity contribution in [1.82, 2.24) is 5.43 Å². The Morgan fingerprint density at radius 3 is 2.29 bits per heavy atom. The lowest BCUT2D eigenvalue weighted by molar-refractivity contribution is -0.120. The topological polar surface area (TPSA) is 131 Å². The van der Waals surface area contributed by atoms with Crippen LogP contribution in [0.2, 0.25) is 5.02 Å². The van der Waals surface area contributed by atoms with Gasteiger partial charge in [0.1, 0.15) is 12.3 Å². The summed E-state index contributed by atoms with van der Waals surface area (Å²) in [7, 11) is -4.08. The number of nitrogens with two attached hydrogens (primary N) is 1. The molecule has 0 atom stereocenters.